The molecule has 0 saturated carbocycles. The molecule has 2 N–H and O–H groups in total. The molecule has 0 heterocycles. The van der Waals surface area contributed by atoms with Crippen LogP contribution in [0.3, 0.4) is 0 Å². The van der Waals surface area contributed by atoms with Gasteiger partial charge < -0.3 is 5.43 Å². The molecule has 5 heteroatoms. The van der Waals surface area contributed by atoms with Gasteiger partial charge in [-0.15, -0.1) is 0 Å². The van der Waals surface area contributed by atoms with Crippen molar-refractivity contribution in [3.05, 3.63) is 70.3 Å². The van der Waals surface area contributed by atoms with Gasteiger partial charge in [-0.25, -0.2) is 5.43 Å². The fourth-order valence-corrected chi connectivity index (χ4v) is 1.60. The van der Waals surface area contributed by atoms with E-state index in [1.54, 1.807) is 18.2 Å². The molecule has 92 valence electrons. The zero-order valence-corrected chi connectivity index (χ0v) is 9.67. The van der Waals surface area contributed by atoms with Crippen LogP contribution in [-0.2, 0) is 6.54 Å². The summed E-state index contributed by atoms with van der Waals surface area (Å²) >= 11 is 0. The highest BCUT2D eigenvalue weighted by molar-refractivity contribution is 5.42. The van der Waals surface area contributed by atoms with Gasteiger partial charge in [0.1, 0.15) is 0 Å². The van der Waals surface area contributed by atoms with E-state index in [2.05, 4.69) is 10.9 Å². The van der Waals surface area contributed by atoms with E-state index in [-0.39, 0.29) is 10.6 Å². The van der Waals surface area contributed by atoms with Crippen molar-refractivity contribution < 1.29 is 4.92 Å². The van der Waals surface area contributed by atoms with Crippen LogP contribution in [0.1, 0.15) is 5.56 Å². The van der Waals surface area contributed by atoms with Gasteiger partial charge in [0, 0.05) is 23.9 Å². The Labute approximate surface area is 105 Å². The summed E-state index contributed by atoms with van der Waals surface area (Å²) in [5.41, 5.74) is 7.63. The van der Waals surface area contributed by atoms with Crippen molar-refractivity contribution in [1.29, 1.82) is 0 Å². The van der Waals surface area contributed by atoms with Gasteiger partial charge in [-0.2, -0.15) is 0 Å². The number of benzene rings is 2. The van der Waals surface area contributed by atoms with Gasteiger partial charge in [0.05, 0.1) is 4.92 Å². The average molecular weight is 243 g/mol. The number of anilines is 1. The van der Waals surface area contributed by atoms with Crippen LogP contribution in [0.4, 0.5) is 11.4 Å². The molecule has 2 aromatic carbocycles. The number of nitro groups is 1. The van der Waals surface area contributed by atoms with E-state index in [0.29, 0.717) is 12.1 Å². The molecule has 0 fully saturated rings. The molecule has 0 aliphatic rings. The number of hydrogen-bond donors (Lipinski definition) is 2. The number of hydrazine groups is 1. The summed E-state index contributed by atoms with van der Waals surface area (Å²) in [7, 11) is 0. The summed E-state index contributed by atoms with van der Waals surface area (Å²) in [6, 6.07) is 16.2. The highest BCUT2D eigenvalue weighted by atomic mass is 16.6. The Hall–Kier alpha value is -2.40. The van der Waals surface area contributed by atoms with Crippen LogP contribution >= 0.6 is 0 Å². The largest absolute Gasteiger partial charge is 0.321 e. The van der Waals surface area contributed by atoms with Gasteiger partial charge in [-0.05, 0) is 12.1 Å². The Kier molecular flexibility index (Phi) is 3.88. The van der Waals surface area contributed by atoms with Crippen LogP contribution in [0.5, 0.6) is 0 Å². The lowest BCUT2D eigenvalue weighted by Crippen LogP contribution is -2.21. The SMILES string of the molecule is O=[N+]([O-])c1ccccc1CNNc1ccccc1. The quantitative estimate of drug-likeness (QED) is 0.626. The third kappa shape index (κ3) is 3.05. The number of nitrogens with zero attached hydrogens (tertiary/aromatic N) is 1. The van der Waals surface area contributed by atoms with Crippen molar-refractivity contribution in [3.63, 3.8) is 0 Å². The molecule has 0 aliphatic carbocycles. The molecule has 0 spiro atoms. The van der Waals surface area contributed by atoms with E-state index in [0.717, 1.165) is 5.69 Å². The molecular formula is C13H13N3O2. The molecular weight excluding hydrogens is 230 g/mol. The molecule has 0 amide bonds. The van der Waals surface area contributed by atoms with Crippen molar-refractivity contribution in [2.45, 2.75) is 6.54 Å². The molecule has 0 bridgehead atoms. The zero-order valence-electron chi connectivity index (χ0n) is 9.67. The highest BCUT2D eigenvalue weighted by Gasteiger charge is 2.11. The smallest absolute Gasteiger partial charge is 0.273 e. The van der Waals surface area contributed by atoms with Gasteiger partial charge in [-0.1, -0.05) is 36.4 Å². The van der Waals surface area contributed by atoms with Crippen molar-refractivity contribution in [2.75, 3.05) is 5.43 Å². The fraction of sp³-hybridized carbons (Fsp3) is 0.0769. The van der Waals surface area contributed by atoms with Gasteiger partial charge in [0.2, 0.25) is 0 Å². The highest BCUT2D eigenvalue weighted by Crippen LogP contribution is 2.17. The molecule has 0 aromatic heterocycles. The first kappa shape index (κ1) is 12.1. The molecule has 0 unspecified atom stereocenters. The lowest BCUT2D eigenvalue weighted by molar-refractivity contribution is -0.385. The van der Waals surface area contributed by atoms with Crippen molar-refractivity contribution >= 4 is 11.4 Å². The maximum absolute atomic E-state index is 10.8. The van der Waals surface area contributed by atoms with E-state index in [1.807, 2.05) is 30.3 Å². The van der Waals surface area contributed by atoms with Crippen LogP contribution in [0.15, 0.2) is 54.6 Å². The second kappa shape index (κ2) is 5.79. The molecule has 0 aliphatic heterocycles. The zero-order chi connectivity index (χ0) is 12.8. The minimum Gasteiger partial charge on any atom is -0.321 e. The molecule has 2 rings (SSSR count). The first-order valence-electron chi connectivity index (χ1n) is 5.53. The number of nitrogens with one attached hydrogen (secondary N) is 2. The minimum atomic E-state index is -0.375. The number of hydrogen-bond acceptors (Lipinski definition) is 4. The third-order valence-corrected chi connectivity index (χ3v) is 2.47. The number of para-hydroxylation sites is 2. The molecule has 0 saturated heterocycles. The topological polar surface area (TPSA) is 67.2 Å². The van der Waals surface area contributed by atoms with E-state index >= 15 is 0 Å². The first-order chi connectivity index (χ1) is 8.77. The summed E-state index contributed by atoms with van der Waals surface area (Å²) < 4.78 is 0. The van der Waals surface area contributed by atoms with Crippen molar-refractivity contribution in [1.82, 2.24) is 5.43 Å². The van der Waals surface area contributed by atoms with Gasteiger partial charge in [0.25, 0.3) is 5.69 Å². The summed E-state index contributed by atoms with van der Waals surface area (Å²) in [6.07, 6.45) is 0. The summed E-state index contributed by atoms with van der Waals surface area (Å²) in [5, 5.41) is 10.8. The minimum absolute atomic E-state index is 0.125. The van der Waals surface area contributed by atoms with Gasteiger partial charge >= 0.3 is 0 Å². The molecule has 18 heavy (non-hydrogen) atoms. The van der Waals surface area contributed by atoms with Crippen molar-refractivity contribution in [2.24, 2.45) is 0 Å². The van der Waals surface area contributed by atoms with Crippen LogP contribution in [-0.4, -0.2) is 4.92 Å². The predicted molar refractivity (Wildman–Crippen MR) is 70.0 cm³/mol. The Morgan fingerprint density at radius 3 is 2.39 bits per heavy atom. The first-order valence-corrected chi connectivity index (χ1v) is 5.53. The van der Waals surface area contributed by atoms with E-state index < -0.39 is 0 Å². The second-order valence-corrected chi connectivity index (χ2v) is 3.73. The maximum atomic E-state index is 10.8. The molecule has 0 radical (unpaired) electrons. The summed E-state index contributed by atoms with van der Waals surface area (Å²) in [5.74, 6) is 0. The van der Waals surface area contributed by atoms with E-state index in [9.17, 15) is 10.1 Å². The molecule has 0 atom stereocenters. The van der Waals surface area contributed by atoms with Crippen LogP contribution in [0, 0.1) is 10.1 Å². The lowest BCUT2D eigenvalue weighted by atomic mass is 10.2. The Morgan fingerprint density at radius 2 is 1.67 bits per heavy atom. The Balaban J connectivity index is 1.97. The average Bonchev–Trinajstić information content (AvgIpc) is 2.40. The number of nitro benzene ring substituents is 1. The molecule has 2 aromatic rings. The van der Waals surface area contributed by atoms with Crippen LogP contribution in [0.25, 0.3) is 0 Å². The normalized spacial score (nSPS) is 10.0. The third-order valence-electron chi connectivity index (χ3n) is 2.47. The standard InChI is InChI=1S/C13H13N3O2/c17-16(18)13-9-5-4-6-11(13)10-14-15-12-7-2-1-3-8-12/h1-9,14-15H,10H2. The van der Waals surface area contributed by atoms with Gasteiger partial charge in [0.15, 0.2) is 0 Å². The Bertz CT molecular complexity index is 529. The van der Waals surface area contributed by atoms with E-state index in [1.165, 1.54) is 6.07 Å². The van der Waals surface area contributed by atoms with E-state index in [4.69, 9.17) is 0 Å². The summed E-state index contributed by atoms with van der Waals surface area (Å²) in [6.45, 7) is 0.381. The Morgan fingerprint density at radius 1 is 1.00 bits per heavy atom. The van der Waals surface area contributed by atoms with Gasteiger partial charge in [-0.3, -0.25) is 10.1 Å². The van der Waals surface area contributed by atoms with Crippen molar-refractivity contribution in [3.8, 4) is 0 Å². The predicted octanol–water partition coefficient (Wildman–Crippen LogP) is 2.71. The van der Waals surface area contributed by atoms with Crippen LogP contribution < -0.4 is 10.9 Å². The van der Waals surface area contributed by atoms with Crippen LogP contribution in [0.2, 0.25) is 0 Å². The fourth-order valence-electron chi connectivity index (χ4n) is 1.60. The summed E-state index contributed by atoms with van der Waals surface area (Å²) in [4.78, 5) is 10.4. The second-order valence-electron chi connectivity index (χ2n) is 3.73. The monoisotopic (exact) mass is 243 g/mol. The maximum Gasteiger partial charge on any atom is 0.273 e. The lowest BCUT2D eigenvalue weighted by Gasteiger charge is -2.08. The molecule has 5 nitrogen and oxygen atoms in total. The number of rotatable bonds is 5.